The number of hydrogen-bond donors (Lipinski definition) is 1. The summed E-state index contributed by atoms with van der Waals surface area (Å²) in [6.07, 6.45) is 2.82. The molecule has 0 heterocycles. The molecule has 0 aliphatic carbocycles. The lowest BCUT2D eigenvalue weighted by atomic mass is 10.1. The van der Waals surface area contributed by atoms with Crippen LogP contribution in [-0.2, 0) is 26.2 Å². The molecule has 180 valence electrons. The topological polar surface area (TPSA) is 96.0 Å². The second-order valence-corrected chi connectivity index (χ2v) is 9.71. The SMILES string of the molecule is CCCCNC(=O)C(C)N(Cc1cccc(OC)c1)C(=O)CN(c1ccccc1)S(C)(=O)=O. The van der Waals surface area contributed by atoms with Gasteiger partial charge in [0.1, 0.15) is 18.3 Å². The molecule has 0 aromatic heterocycles. The molecular weight excluding hydrogens is 442 g/mol. The number of unbranched alkanes of at least 4 members (excludes halogenated alkanes) is 1. The minimum Gasteiger partial charge on any atom is -0.497 e. The minimum atomic E-state index is -3.73. The van der Waals surface area contributed by atoms with Crippen LogP contribution in [0, 0.1) is 0 Å². The van der Waals surface area contributed by atoms with Crippen molar-refractivity contribution in [1.29, 1.82) is 0 Å². The van der Waals surface area contributed by atoms with E-state index in [1.807, 2.05) is 13.0 Å². The van der Waals surface area contributed by atoms with Crippen LogP contribution in [0.15, 0.2) is 54.6 Å². The number of nitrogens with zero attached hydrogens (tertiary/aromatic N) is 2. The molecule has 2 aromatic carbocycles. The van der Waals surface area contributed by atoms with E-state index >= 15 is 0 Å². The van der Waals surface area contributed by atoms with Crippen LogP contribution in [0.5, 0.6) is 5.75 Å². The molecule has 1 atom stereocenters. The number of carbonyl (C=O) groups excluding carboxylic acids is 2. The Morgan fingerprint density at radius 1 is 1.09 bits per heavy atom. The van der Waals surface area contributed by atoms with Gasteiger partial charge in [0, 0.05) is 13.1 Å². The zero-order valence-electron chi connectivity index (χ0n) is 19.7. The van der Waals surface area contributed by atoms with E-state index in [0.717, 1.165) is 29.0 Å². The molecule has 0 saturated heterocycles. The normalized spacial score (nSPS) is 12.0. The van der Waals surface area contributed by atoms with Crippen LogP contribution in [0.1, 0.15) is 32.3 Å². The quantitative estimate of drug-likeness (QED) is 0.476. The molecule has 2 rings (SSSR count). The Labute approximate surface area is 196 Å². The third-order valence-electron chi connectivity index (χ3n) is 5.21. The summed E-state index contributed by atoms with van der Waals surface area (Å²) in [6, 6.07) is 14.8. The van der Waals surface area contributed by atoms with Gasteiger partial charge in [-0.05, 0) is 43.2 Å². The summed E-state index contributed by atoms with van der Waals surface area (Å²) in [7, 11) is -2.18. The first-order valence-corrected chi connectivity index (χ1v) is 12.7. The average Bonchev–Trinajstić information content (AvgIpc) is 2.80. The van der Waals surface area contributed by atoms with Gasteiger partial charge in [0.15, 0.2) is 0 Å². The molecule has 0 aliphatic heterocycles. The number of sulfonamides is 1. The van der Waals surface area contributed by atoms with Gasteiger partial charge >= 0.3 is 0 Å². The van der Waals surface area contributed by atoms with Gasteiger partial charge in [0.2, 0.25) is 21.8 Å². The Morgan fingerprint density at radius 2 is 1.79 bits per heavy atom. The maximum atomic E-state index is 13.4. The first-order valence-electron chi connectivity index (χ1n) is 10.9. The zero-order valence-corrected chi connectivity index (χ0v) is 20.5. The average molecular weight is 476 g/mol. The van der Waals surface area contributed by atoms with Gasteiger partial charge in [-0.1, -0.05) is 43.7 Å². The number of hydrogen-bond acceptors (Lipinski definition) is 5. The molecule has 8 nitrogen and oxygen atoms in total. The lowest BCUT2D eigenvalue weighted by Gasteiger charge is -2.31. The molecule has 33 heavy (non-hydrogen) atoms. The van der Waals surface area contributed by atoms with E-state index in [4.69, 9.17) is 4.74 Å². The molecule has 1 N–H and O–H groups in total. The molecule has 9 heteroatoms. The number of nitrogens with one attached hydrogen (secondary N) is 1. The Hall–Kier alpha value is -3.07. The maximum absolute atomic E-state index is 13.4. The summed E-state index contributed by atoms with van der Waals surface area (Å²) in [5, 5.41) is 2.85. The van der Waals surface area contributed by atoms with Gasteiger partial charge < -0.3 is 15.0 Å². The summed E-state index contributed by atoms with van der Waals surface area (Å²) in [6.45, 7) is 3.90. The van der Waals surface area contributed by atoms with E-state index in [1.165, 1.54) is 4.90 Å². The van der Waals surface area contributed by atoms with Gasteiger partial charge in [-0.2, -0.15) is 0 Å². The van der Waals surface area contributed by atoms with Crippen LogP contribution in [0.25, 0.3) is 0 Å². The highest BCUT2D eigenvalue weighted by Gasteiger charge is 2.30. The van der Waals surface area contributed by atoms with Crippen LogP contribution in [0.4, 0.5) is 5.69 Å². The van der Waals surface area contributed by atoms with Gasteiger partial charge in [-0.25, -0.2) is 8.42 Å². The number of rotatable bonds is 12. The van der Waals surface area contributed by atoms with E-state index in [9.17, 15) is 18.0 Å². The number of carbonyl (C=O) groups is 2. The Morgan fingerprint density at radius 3 is 2.39 bits per heavy atom. The van der Waals surface area contributed by atoms with Crippen LogP contribution >= 0.6 is 0 Å². The van der Waals surface area contributed by atoms with Crippen LogP contribution < -0.4 is 14.4 Å². The van der Waals surface area contributed by atoms with Crippen molar-refractivity contribution in [2.24, 2.45) is 0 Å². The highest BCUT2D eigenvalue weighted by Crippen LogP contribution is 2.20. The second kappa shape index (κ2) is 12.2. The number of ether oxygens (including phenoxy) is 1. The monoisotopic (exact) mass is 475 g/mol. The van der Waals surface area contributed by atoms with Crippen molar-refractivity contribution < 1.29 is 22.7 Å². The number of benzene rings is 2. The fraction of sp³-hybridized carbons (Fsp3) is 0.417. The fourth-order valence-corrected chi connectivity index (χ4v) is 4.14. The predicted octanol–water partition coefficient (Wildman–Crippen LogP) is 2.79. The van der Waals surface area contributed by atoms with Gasteiger partial charge in [-0.3, -0.25) is 13.9 Å². The van der Waals surface area contributed by atoms with Crippen molar-refractivity contribution in [2.75, 3.05) is 30.8 Å². The Balaban J connectivity index is 2.33. The summed E-state index contributed by atoms with van der Waals surface area (Å²) in [5.41, 5.74) is 1.15. The van der Waals surface area contributed by atoms with Crippen molar-refractivity contribution in [3.63, 3.8) is 0 Å². The lowest BCUT2D eigenvalue weighted by molar-refractivity contribution is -0.139. The van der Waals surface area contributed by atoms with E-state index in [2.05, 4.69) is 5.32 Å². The summed E-state index contributed by atoms with van der Waals surface area (Å²) in [4.78, 5) is 27.6. The van der Waals surface area contributed by atoms with Crippen LogP contribution in [0.2, 0.25) is 0 Å². The molecular formula is C24H33N3O5S. The summed E-state index contributed by atoms with van der Waals surface area (Å²) >= 11 is 0. The van der Waals surface area contributed by atoms with Crippen molar-refractivity contribution in [3.8, 4) is 5.75 Å². The highest BCUT2D eigenvalue weighted by molar-refractivity contribution is 7.92. The summed E-state index contributed by atoms with van der Waals surface area (Å²) in [5.74, 6) is -0.141. The molecule has 0 fully saturated rings. The fourth-order valence-electron chi connectivity index (χ4n) is 3.29. The first-order chi connectivity index (χ1) is 15.7. The third kappa shape index (κ3) is 7.78. The number of amides is 2. The number of methoxy groups -OCH3 is 1. The minimum absolute atomic E-state index is 0.130. The first kappa shape index (κ1) is 26.2. The molecule has 0 aliphatic rings. The van der Waals surface area contributed by atoms with Gasteiger partial charge in [0.25, 0.3) is 0 Å². The van der Waals surface area contributed by atoms with Gasteiger partial charge in [-0.15, -0.1) is 0 Å². The van der Waals surface area contributed by atoms with Crippen LogP contribution in [-0.4, -0.2) is 57.6 Å². The predicted molar refractivity (Wildman–Crippen MR) is 130 cm³/mol. The Bertz CT molecular complexity index is 1030. The number of anilines is 1. The molecule has 2 aromatic rings. The van der Waals surface area contributed by atoms with Crippen molar-refractivity contribution in [2.45, 2.75) is 39.3 Å². The van der Waals surface area contributed by atoms with E-state index in [1.54, 1.807) is 62.6 Å². The second-order valence-electron chi connectivity index (χ2n) is 7.80. The zero-order chi connectivity index (χ0) is 24.4. The molecule has 0 saturated carbocycles. The molecule has 1 unspecified atom stereocenters. The van der Waals surface area contributed by atoms with Crippen molar-refractivity contribution in [1.82, 2.24) is 10.2 Å². The third-order valence-corrected chi connectivity index (χ3v) is 6.35. The smallest absolute Gasteiger partial charge is 0.244 e. The van der Waals surface area contributed by atoms with Crippen molar-refractivity contribution >= 4 is 27.5 Å². The molecule has 0 bridgehead atoms. The van der Waals surface area contributed by atoms with Gasteiger partial charge in [0.05, 0.1) is 19.1 Å². The van der Waals surface area contributed by atoms with Crippen molar-refractivity contribution in [3.05, 3.63) is 60.2 Å². The highest BCUT2D eigenvalue weighted by atomic mass is 32.2. The maximum Gasteiger partial charge on any atom is 0.244 e. The molecule has 2 amide bonds. The Kier molecular flexibility index (Phi) is 9.72. The largest absolute Gasteiger partial charge is 0.497 e. The van der Waals surface area contributed by atoms with E-state index in [-0.39, 0.29) is 12.5 Å². The standard InChI is InChI=1S/C24H33N3O5S/c1-5-6-15-25-24(29)19(2)26(17-20-11-10-14-22(16-20)32-3)23(28)18-27(33(4,30)31)21-12-8-7-9-13-21/h7-14,16,19H,5-6,15,17-18H2,1-4H3,(H,25,29). The van der Waals surface area contributed by atoms with E-state index in [0.29, 0.717) is 18.0 Å². The molecule has 0 spiro atoms. The molecule has 0 radical (unpaired) electrons. The number of para-hydroxylation sites is 1. The van der Waals surface area contributed by atoms with E-state index < -0.39 is 28.5 Å². The lowest BCUT2D eigenvalue weighted by Crippen LogP contribution is -2.51. The summed E-state index contributed by atoms with van der Waals surface area (Å²) < 4.78 is 31.3. The van der Waals surface area contributed by atoms with Crippen LogP contribution in [0.3, 0.4) is 0 Å².